The van der Waals surface area contributed by atoms with Gasteiger partial charge in [-0.2, -0.15) is 0 Å². The normalized spacial score (nSPS) is 16.5. The fraction of sp³-hybridized carbons (Fsp3) is 0.545. The summed E-state index contributed by atoms with van der Waals surface area (Å²) >= 11 is 0. The van der Waals surface area contributed by atoms with Gasteiger partial charge < -0.3 is 34.5 Å². The van der Waals surface area contributed by atoms with Crippen LogP contribution in [0.1, 0.15) is 73.2 Å². The van der Waals surface area contributed by atoms with E-state index in [0.29, 0.717) is 24.5 Å². The fourth-order valence-corrected chi connectivity index (χ4v) is 5.02. The number of hydrogen-bond donors (Lipinski definition) is 2. The summed E-state index contributed by atoms with van der Waals surface area (Å²) in [6, 6.07) is 15.0. The van der Waals surface area contributed by atoms with Crippen LogP contribution in [0.15, 0.2) is 48.5 Å². The second kappa shape index (κ2) is 16.3. The average Bonchev–Trinajstić information content (AvgIpc) is 2.98. The highest BCUT2D eigenvalue weighted by atomic mass is 16.6. The van der Waals surface area contributed by atoms with Gasteiger partial charge >= 0.3 is 12.2 Å². The number of ether oxygens (including phenoxy) is 4. The minimum absolute atomic E-state index is 0.244. The van der Waals surface area contributed by atoms with Crippen LogP contribution in [0.4, 0.5) is 9.59 Å². The highest BCUT2D eigenvalue weighted by Gasteiger charge is 2.29. The maximum atomic E-state index is 13.4. The van der Waals surface area contributed by atoms with Crippen LogP contribution in [0.3, 0.4) is 0 Å². The average molecular weight is 598 g/mol. The Hall–Kier alpha value is -3.63. The van der Waals surface area contributed by atoms with Crippen molar-refractivity contribution in [2.75, 3.05) is 47.1 Å². The number of hydrogen-bond acceptors (Lipinski definition) is 7. The summed E-state index contributed by atoms with van der Waals surface area (Å²) in [6.07, 6.45) is 1.29. The van der Waals surface area contributed by atoms with E-state index in [1.165, 1.54) is 7.11 Å². The van der Waals surface area contributed by atoms with Crippen molar-refractivity contribution in [3.8, 4) is 0 Å². The highest BCUT2D eigenvalue weighted by molar-refractivity contribution is 5.94. The molecule has 0 aromatic heterocycles. The van der Waals surface area contributed by atoms with Crippen molar-refractivity contribution in [2.45, 2.75) is 64.7 Å². The van der Waals surface area contributed by atoms with Crippen molar-refractivity contribution < 1.29 is 33.3 Å². The molecule has 236 valence electrons. The molecule has 1 saturated heterocycles. The summed E-state index contributed by atoms with van der Waals surface area (Å²) in [5.74, 6) is 0.0458. The van der Waals surface area contributed by atoms with Gasteiger partial charge in [-0.05, 0) is 76.1 Å². The van der Waals surface area contributed by atoms with Crippen LogP contribution in [-0.2, 0) is 18.9 Å². The topological polar surface area (TPSA) is 115 Å². The number of carbonyl (C=O) groups excluding carboxylic acids is 3. The second-order valence-corrected chi connectivity index (χ2v) is 12.0. The van der Waals surface area contributed by atoms with E-state index in [2.05, 4.69) is 15.4 Å². The third-order valence-electron chi connectivity index (χ3n) is 7.23. The number of amides is 3. The van der Waals surface area contributed by atoms with Gasteiger partial charge in [-0.25, -0.2) is 9.59 Å². The number of nitrogens with one attached hydrogen (secondary N) is 2. The second-order valence-electron chi connectivity index (χ2n) is 12.0. The summed E-state index contributed by atoms with van der Waals surface area (Å²) in [4.78, 5) is 39.4. The van der Waals surface area contributed by atoms with Crippen LogP contribution >= 0.6 is 0 Å². The molecular weight excluding hydrogens is 550 g/mol. The summed E-state index contributed by atoms with van der Waals surface area (Å²) in [7, 11) is 3.03. The molecule has 0 saturated carbocycles. The van der Waals surface area contributed by atoms with Crippen LogP contribution in [0.25, 0.3) is 0 Å². The Bertz CT molecular complexity index is 1210. The maximum absolute atomic E-state index is 13.4. The predicted octanol–water partition coefficient (Wildman–Crippen LogP) is 5.24. The SMILES string of the molecule is COC(=O)NCCOC(c1cccc(C)c1)c1cccc(C(=O)NC[C@H](C[C@H]2CCCOC2)N(C)C(=O)OC(C)(C)C)c1. The molecule has 2 aromatic rings. The van der Waals surface area contributed by atoms with Crippen molar-refractivity contribution in [2.24, 2.45) is 5.92 Å². The Morgan fingerprint density at radius 2 is 1.79 bits per heavy atom. The summed E-state index contributed by atoms with van der Waals surface area (Å²) < 4.78 is 22.1. The molecule has 0 bridgehead atoms. The minimum Gasteiger partial charge on any atom is -0.453 e. The Kier molecular flexibility index (Phi) is 12.8. The van der Waals surface area contributed by atoms with Crippen molar-refractivity contribution in [3.63, 3.8) is 0 Å². The van der Waals surface area contributed by atoms with Crippen LogP contribution in [-0.4, -0.2) is 81.7 Å². The van der Waals surface area contributed by atoms with E-state index in [-0.39, 0.29) is 31.6 Å². The lowest BCUT2D eigenvalue weighted by molar-refractivity contribution is 0.0112. The molecule has 1 fully saturated rings. The zero-order valence-electron chi connectivity index (χ0n) is 26.3. The van der Waals surface area contributed by atoms with E-state index < -0.39 is 23.9 Å². The summed E-state index contributed by atoms with van der Waals surface area (Å²) in [5.41, 5.74) is 2.67. The first kappa shape index (κ1) is 33.9. The fourth-order valence-electron chi connectivity index (χ4n) is 5.02. The first-order valence-electron chi connectivity index (χ1n) is 14.9. The van der Waals surface area contributed by atoms with Crippen LogP contribution in [0.2, 0.25) is 0 Å². The van der Waals surface area contributed by atoms with E-state index in [4.69, 9.17) is 14.2 Å². The molecule has 3 atom stereocenters. The van der Waals surface area contributed by atoms with Crippen LogP contribution in [0, 0.1) is 12.8 Å². The number of methoxy groups -OCH3 is 1. The Labute approximate surface area is 255 Å². The highest BCUT2D eigenvalue weighted by Crippen LogP contribution is 2.28. The van der Waals surface area contributed by atoms with Gasteiger partial charge in [0.05, 0.1) is 19.8 Å². The standard InChI is InChI=1S/C33H47N3O7/c1-23-10-7-12-25(18-23)29(42-17-15-34-31(38)40-6)26-13-8-14-27(20-26)30(37)35-21-28(19-24-11-9-16-41-22-24)36(5)32(39)43-33(2,3)4/h7-8,10,12-14,18,20,24,28-29H,9,11,15-17,19,21-22H2,1-6H3,(H,34,38)(H,35,37)/t24-,28+,29?/m1/s1. The number of alkyl carbamates (subject to hydrolysis) is 1. The number of rotatable bonds is 12. The maximum Gasteiger partial charge on any atom is 0.410 e. The summed E-state index contributed by atoms with van der Waals surface area (Å²) in [6.45, 7) is 9.69. The first-order chi connectivity index (χ1) is 20.5. The molecule has 1 aliphatic heterocycles. The largest absolute Gasteiger partial charge is 0.453 e. The van der Waals surface area contributed by atoms with E-state index in [9.17, 15) is 14.4 Å². The molecule has 10 heteroatoms. The Morgan fingerprint density at radius 1 is 1.07 bits per heavy atom. The quantitative estimate of drug-likeness (QED) is 0.322. The molecule has 1 unspecified atom stereocenters. The number of carbonyl (C=O) groups is 3. The molecule has 10 nitrogen and oxygen atoms in total. The van der Waals surface area contributed by atoms with Crippen molar-refractivity contribution in [3.05, 3.63) is 70.8 Å². The zero-order valence-corrected chi connectivity index (χ0v) is 26.3. The molecule has 1 aliphatic rings. The molecule has 1 heterocycles. The first-order valence-corrected chi connectivity index (χ1v) is 14.9. The van der Waals surface area contributed by atoms with E-state index >= 15 is 0 Å². The zero-order chi connectivity index (χ0) is 31.4. The van der Waals surface area contributed by atoms with E-state index in [0.717, 1.165) is 36.1 Å². The number of aryl methyl sites for hydroxylation is 1. The van der Waals surface area contributed by atoms with Gasteiger partial charge in [0.15, 0.2) is 0 Å². The van der Waals surface area contributed by atoms with Gasteiger partial charge in [0.2, 0.25) is 0 Å². The number of nitrogens with zero attached hydrogens (tertiary/aromatic N) is 1. The smallest absolute Gasteiger partial charge is 0.410 e. The monoisotopic (exact) mass is 597 g/mol. The van der Waals surface area contributed by atoms with Crippen LogP contribution in [0.5, 0.6) is 0 Å². The van der Waals surface area contributed by atoms with Gasteiger partial charge in [0.25, 0.3) is 5.91 Å². The molecule has 3 amide bonds. The molecule has 43 heavy (non-hydrogen) atoms. The van der Waals surface area contributed by atoms with Gasteiger partial charge in [-0.3, -0.25) is 4.79 Å². The van der Waals surface area contributed by atoms with E-state index in [1.807, 2.05) is 70.2 Å². The third kappa shape index (κ3) is 11.2. The molecule has 0 spiro atoms. The molecule has 2 aromatic carbocycles. The van der Waals surface area contributed by atoms with E-state index in [1.54, 1.807) is 18.0 Å². The third-order valence-corrected chi connectivity index (χ3v) is 7.23. The Balaban J connectivity index is 1.75. The predicted molar refractivity (Wildman–Crippen MR) is 164 cm³/mol. The van der Waals surface area contributed by atoms with Crippen molar-refractivity contribution in [1.82, 2.24) is 15.5 Å². The van der Waals surface area contributed by atoms with Crippen molar-refractivity contribution >= 4 is 18.1 Å². The van der Waals surface area contributed by atoms with Gasteiger partial charge in [0, 0.05) is 38.9 Å². The lowest BCUT2D eigenvalue weighted by atomic mass is 9.93. The summed E-state index contributed by atoms with van der Waals surface area (Å²) in [5, 5.41) is 5.66. The van der Waals surface area contributed by atoms with Gasteiger partial charge in [0.1, 0.15) is 11.7 Å². The minimum atomic E-state index is -0.626. The molecule has 3 rings (SSSR count). The number of benzene rings is 2. The Morgan fingerprint density at radius 3 is 2.44 bits per heavy atom. The molecular formula is C33H47N3O7. The number of likely N-dealkylation sites (N-methyl/N-ethyl adjacent to an activating group) is 1. The molecule has 0 radical (unpaired) electrons. The van der Waals surface area contributed by atoms with Gasteiger partial charge in [-0.1, -0.05) is 42.0 Å². The van der Waals surface area contributed by atoms with Gasteiger partial charge in [-0.15, -0.1) is 0 Å². The lowest BCUT2D eigenvalue weighted by Gasteiger charge is -2.34. The van der Waals surface area contributed by atoms with Crippen molar-refractivity contribution in [1.29, 1.82) is 0 Å². The molecule has 2 N–H and O–H groups in total. The molecule has 0 aliphatic carbocycles. The van der Waals surface area contributed by atoms with Crippen LogP contribution < -0.4 is 10.6 Å². The lowest BCUT2D eigenvalue weighted by Crippen LogP contribution is -2.48.